The summed E-state index contributed by atoms with van der Waals surface area (Å²) in [6.07, 6.45) is 9.82. The fourth-order valence-corrected chi connectivity index (χ4v) is 7.19. The molecule has 5 heteroatoms. The van der Waals surface area contributed by atoms with Crippen LogP contribution in [0.2, 0.25) is 0 Å². The van der Waals surface area contributed by atoms with Crippen molar-refractivity contribution < 1.29 is 9.53 Å². The molecule has 1 aromatic heterocycles. The zero-order valence-electron chi connectivity index (χ0n) is 17.4. The van der Waals surface area contributed by atoms with Crippen LogP contribution in [0.15, 0.2) is 35.3 Å². The van der Waals surface area contributed by atoms with E-state index in [9.17, 15) is 9.59 Å². The van der Waals surface area contributed by atoms with E-state index in [-0.39, 0.29) is 16.9 Å². The second-order valence-electron chi connectivity index (χ2n) is 10.3. The molecule has 2 heterocycles. The van der Waals surface area contributed by atoms with Crippen LogP contribution in [0, 0.1) is 29.1 Å². The number of benzene rings is 1. The van der Waals surface area contributed by atoms with Crippen LogP contribution in [0.25, 0.3) is 10.8 Å². The number of fused-ring (bicyclic) bond motifs is 1. The maximum absolute atomic E-state index is 13.4. The van der Waals surface area contributed by atoms with Gasteiger partial charge in [0.2, 0.25) is 5.91 Å². The van der Waals surface area contributed by atoms with E-state index in [0.29, 0.717) is 17.2 Å². The van der Waals surface area contributed by atoms with Crippen LogP contribution in [0.3, 0.4) is 0 Å². The van der Waals surface area contributed by atoms with Crippen molar-refractivity contribution in [3.63, 3.8) is 0 Å². The Morgan fingerprint density at radius 2 is 1.83 bits per heavy atom. The quantitative estimate of drug-likeness (QED) is 0.828. The highest BCUT2D eigenvalue weighted by Crippen LogP contribution is 2.65. The Bertz CT molecular complexity index is 1040. The highest BCUT2D eigenvalue weighted by atomic mass is 16.5. The van der Waals surface area contributed by atoms with E-state index >= 15 is 0 Å². The number of hydrogen-bond acceptors (Lipinski definition) is 3. The number of carbonyl (C=O) groups is 1. The van der Waals surface area contributed by atoms with Gasteiger partial charge in [0.05, 0.1) is 5.41 Å². The lowest BCUT2D eigenvalue weighted by Crippen LogP contribution is -2.37. The molecule has 4 aliphatic carbocycles. The van der Waals surface area contributed by atoms with E-state index in [4.69, 9.17) is 4.74 Å². The fraction of sp³-hybridized carbons (Fsp3) is 0.600. The summed E-state index contributed by atoms with van der Waals surface area (Å²) in [6.45, 7) is 2.31. The number of amides is 1. The minimum Gasteiger partial charge on any atom is -0.381 e. The normalized spacial score (nSPS) is 32.7. The molecule has 5 fully saturated rings. The summed E-state index contributed by atoms with van der Waals surface area (Å²) in [5.41, 5.74) is 0.663. The smallest absolute Gasteiger partial charge is 0.258 e. The van der Waals surface area contributed by atoms with E-state index in [1.165, 1.54) is 19.3 Å². The van der Waals surface area contributed by atoms with Gasteiger partial charge in [0, 0.05) is 42.4 Å². The Hall–Kier alpha value is -2.14. The van der Waals surface area contributed by atoms with Gasteiger partial charge < -0.3 is 14.6 Å². The first-order chi connectivity index (χ1) is 14.6. The van der Waals surface area contributed by atoms with Crippen molar-refractivity contribution >= 4 is 22.4 Å². The van der Waals surface area contributed by atoms with E-state index in [1.54, 1.807) is 0 Å². The van der Waals surface area contributed by atoms with Crippen LogP contribution in [-0.4, -0.2) is 23.7 Å². The van der Waals surface area contributed by atoms with Gasteiger partial charge in [-0.3, -0.25) is 9.59 Å². The first-order valence-corrected chi connectivity index (χ1v) is 11.6. The molecule has 2 aromatic rings. The van der Waals surface area contributed by atoms with Crippen molar-refractivity contribution in [3.8, 4) is 0 Å². The van der Waals surface area contributed by atoms with Gasteiger partial charge in [-0.15, -0.1) is 0 Å². The summed E-state index contributed by atoms with van der Waals surface area (Å²) in [7, 11) is 0. The van der Waals surface area contributed by atoms with Crippen molar-refractivity contribution in [2.24, 2.45) is 29.1 Å². The van der Waals surface area contributed by atoms with Crippen molar-refractivity contribution in [2.45, 2.75) is 51.5 Å². The molecular formula is C25H30N2O3. The van der Waals surface area contributed by atoms with Gasteiger partial charge in [0.15, 0.2) is 0 Å². The van der Waals surface area contributed by atoms with Crippen molar-refractivity contribution in [1.82, 2.24) is 4.57 Å². The SMILES string of the molecule is O=C(Nc1cccc2c(=O)n(CC3CCOCC3)ccc12)C12CC3CC1C[C@H](C3)C2. The molecule has 3 unspecified atom stereocenters. The molecule has 4 saturated carbocycles. The summed E-state index contributed by atoms with van der Waals surface area (Å²) in [6, 6.07) is 7.73. The van der Waals surface area contributed by atoms with Crippen LogP contribution < -0.4 is 10.9 Å². The summed E-state index contributed by atoms with van der Waals surface area (Å²) >= 11 is 0. The molecule has 1 amide bonds. The third kappa shape index (κ3) is 2.85. The lowest BCUT2D eigenvalue weighted by atomic mass is 9.75. The van der Waals surface area contributed by atoms with Crippen molar-refractivity contribution in [2.75, 3.05) is 18.5 Å². The predicted octanol–water partition coefficient (Wildman–Crippen LogP) is 4.19. The van der Waals surface area contributed by atoms with Crippen molar-refractivity contribution in [1.29, 1.82) is 0 Å². The van der Waals surface area contributed by atoms with Crippen LogP contribution in [-0.2, 0) is 16.1 Å². The van der Waals surface area contributed by atoms with Crippen LogP contribution in [0.1, 0.15) is 44.9 Å². The molecule has 4 bridgehead atoms. The Morgan fingerprint density at radius 3 is 2.60 bits per heavy atom. The lowest BCUT2D eigenvalue weighted by molar-refractivity contribution is -0.127. The van der Waals surface area contributed by atoms with Gasteiger partial charge in [-0.1, -0.05) is 6.07 Å². The number of nitrogens with zero attached hydrogens (tertiary/aromatic N) is 1. The molecule has 1 aliphatic heterocycles. The minimum absolute atomic E-state index is 0.0362. The van der Waals surface area contributed by atoms with E-state index in [2.05, 4.69) is 5.32 Å². The highest BCUT2D eigenvalue weighted by Gasteiger charge is 2.61. The Kier molecular flexibility index (Phi) is 4.31. The predicted molar refractivity (Wildman–Crippen MR) is 116 cm³/mol. The van der Waals surface area contributed by atoms with Crippen LogP contribution in [0.4, 0.5) is 5.69 Å². The molecule has 5 nitrogen and oxygen atoms in total. The first kappa shape index (κ1) is 18.6. The molecule has 0 radical (unpaired) electrons. The molecule has 158 valence electrons. The zero-order valence-corrected chi connectivity index (χ0v) is 17.4. The molecular weight excluding hydrogens is 376 g/mol. The standard InChI is InChI=1S/C25H30N2O3/c28-23-21-2-1-3-22(20(21)4-7-27(23)15-16-5-8-30-9-6-16)26-24(29)25-13-17-10-18(14-25)12-19(25)11-17/h1-4,7,16-19H,5-6,8-15H2,(H,26,29)/t17-,18?,19?,25?/m0/s1. The van der Waals surface area contributed by atoms with E-state index < -0.39 is 0 Å². The van der Waals surface area contributed by atoms with Gasteiger partial charge >= 0.3 is 0 Å². The zero-order chi connectivity index (χ0) is 20.3. The average Bonchev–Trinajstić information content (AvgIpc) is 3.16. The molecule has 1 N–H and O–H groups in total. The molecule has 7 rings (SSSR count). The molecule has 30 heavy (non-hydrogen) atoms. The molecule has 1 saturated heterocycles. The van der Waals surface area contributed by atoms with E-state index in [1.807, 2.05) is 35.0 Å². The number of nitrogens with one attached hydrogen (secondary N) is 1. The number of anilines is 1. The fourth-order valence-electron chi connectivity index (χ4n) is 7.19. The van der Waals surface area contributed by atoms with Gasteiger partial charge in [-0.05, 0) is 86.8 Å². The van der Waals surface area contributed by atoms with Gasteiger partial charge in [-0.25, -0.2) is 0 Å². The number of pyridine rings is 1. The van der Waals surface area contributed by atoms with Gasteiger partial charge in [-0.2, -0.15) is 0 Å². The summed E-state index contributed by atoms with van der Waals surface area (Å²) in [5.74, 6) is 2.74. The third-order valence-electron chi connectivity index (χ3n) is 8.50. The second kappa shape index (κ2) is 6.94. The van der Waals surface area contributed by atoms with Crippen molar-refractivity contribution in [3.05, 3.63) is 40.8 Å². The number of ether oxygens (including phenoxy) is 1. The van der Waals surface area contributed by atoms with Gasteiger partial charge in [0.25, 0.3) is 5.56 Å². The van der Waals surface area contributed by atoms with Crippen LogP contribution >= 0.6 is 0 Å². The minimum atomic E-state index is -0.159. The van der Waals surface area contributed by atoms with Gasteiger partial charge in [0.1, 0.15) is 0 Å². The number of carbonyl (C=O) groups excluding carboxylic acids is 1. The summed E-state index contributed by atoms with van der Waals surface area (Å²) in [5, 5.41) is 4.80. The molecule has 0 spiro atoms. The number of rotatable bonds is 4. The molecule has 1 aromatic carbocycles. The summed E-state index contributed by atoms with van der Waals surface area (Å²) in [4.78, 5) is 26.6. The number of aromatic nitrogens is 1. The summed E-state index contributed by atoms with van der Waals surface area (Å²) < 4.78 is 7.28. The monoisotopic (exact) mass is 406 g/mol. The average molecular weight is 407 g/mol. The Balaban J connectivity index is 1.28. The number of hydrogen-bond donors (Lipinski definition) is 1. The third-order valence-corrected chi connectivity index (χ3v) is 8.50. The maximum Gasteiger partial charge on any atom is 0.258 e. The lowest BCUT2D eigenvalue weighted by Gasteiger charge is -2.31. The molecule has 5 aliphatic rings. The Labute approximate surface area is 176 Å². The topological polar surface area (TPSA) is 60.3 Å². The maximum atomic E-state index is 13.4. The first-order valence-electron chi connectivity index (χ1n) is 11.6. The largest absolute Gasteiger partial charge is 0.381 e. The van der Waals surface area contributed by atoms with E-state index in [0.717, 1.165) is 68.4 Å². The molecule has 4 atom stereocenters. The highest BCUT2D eigenvalue weighted by molar-refractivity contribution is 6.04. The Morgan fingerprint density at radius 1 is 1.07 bits per heavy atom. The van der Waals surface area contributed by atoms with Crippen LogP contribution in [0.5, 0.6) is 0 Å². The second-order valence-corrected chi connectivity index (χ2v) is 10.3.